The zero-order valence-electron chi connectivity index (χ0n) is 18.8. The molecule has 9 heteroatoms. The van der Waals surface area contributed by atoms with Gasteiger partial charge in [0.05, 0.1) is 30.7 Å². The topological polar surface area (TPSA) is 107 Å². The molecule has 4 rings (SSSR count). The minimum atomic E-state index is -0.394. The molecule has 3 heterocycles. The van der Waals surface area contributed by atoms with E-state index in [1.165, 1.54) is 0 Å². The van der Waals surface area contributed by atoms with E-state index in [4.69, 9.17) is 4.42 Å². The lowest BCUT2D eigenvalue weighted by molar-refractivity contribution is 0.0943. The molecule has 2 N–H and O–H groups in total. The Labute approximate surface area is 191 Å². The highest BCUT2D eigenvalue weighted by Crippen LogP contribution is 2.17. The molecule has 9 nitrogen and oxygen atoms in total. The van der Waals surface area contributed by atoms with Crippen LogP contribution in [0.4, 0.5) is 5.69 Å². The zero-order valence-corrected chi connectivity index (χ0v) is 18.8. The number of hydrogen-bond donors (Lipinski definition) is 2. The van der Waals surface area contributed by atoms with Crippen LogP contribution >= 0.6 is 0 Å². The van der Waals surface area contributed by atoms with Crippen LogP contribution in [0.25, 0.3) is 0 Å². The second kappa shape index (κ2) is 9.56. The summed E-state index contributed by atoms with van der Waals surface area (Å²) in [4.78, 5) is 25.5. The van der Waals surface area contributed by atoms with E-state index in [0.717, 1.165) is 17.0 Å². The maximum absolute atomic E-state index is 12.8. The van der Waals surface area contributed by atoms with Crippen LogP contribution in [-0.2, 0) is 19.6 Å². The van der Waals surface area contributed by atoms with Crippen LogP contribution in [0.5, 0.6) is 0 Å². The molecular weight excluding hydrogens is 420 g/mol. The van der Waals surface area contributed by atoms with Crippen molar-refractivity contribution in [3.63, 3.8) is 0 Å². The predicted octanol–water partition coefficient (Wildman–Crippen LogP) is 3.54. The number of anilines is 1. The third-order valence-corrected chi connectivity index (χ3v) is 5.20. The smallest absolute Gasteiger partial charge is 0.274 e. The number of carbonyl (C=O) groups is 2. The number of amides is 2. The van der Waals surface area contributed by atoms with E-state index >= 15 is 0 Å². The number of rotatable bonds is 8. The molecule has 170 valence electrons. The normalized spacial score (nSPS) is 10.9. The Hall–Kier alpha value is -4.14. The van der Waals surface area contributed by atoms with E-state index in [2.05, 4.69) is 20.8 Å². The van der Waals surface area contributed by atoms with Crippen LogP contribution in [0.15, 0.2) is 59.3 Å². The van der Waals surface area contributed by atoms with Crippen molar-refractivity contribution in [1.29, 1.82) is 0 Å². The SMILES string of the molecule is CCn1cc(NC(=O)c2ccc(Cn3nc(C)cc3C)cc2)c(C(=O)NCc2ccco2)n1. The van der Waals surface area contributed by atoms with Gasteiger partial charge in [0.25, 0.3) is 11.8 Å². The van der Waals surface area contributed by atoms with E-state index in [9.17, 15) is 9.59 Å². The fourth-order valence-electron chi connectivity index (χ4n) is 3.47. The third kappa shape index (κ3) is 5.20. The minimum absolute atomic E-state index is 0.151. The summed E-state index contributed by atoms with van der Waals surface area (Å²) in [6, 6.07) is 12.9. The van der Waals surface area contributed by atoms with Crippen LogP contribution in [0, 0.1) is 13.8 Å². The molecular formula is C24H26N6O3. The van der Waals surface area contributed by atoms with Gasteiger partial charge in [0.15, 0.2) is 5.69 Å². The molecule has 0 aliphatic rings. The average molecular weight is 447 g/mol. The fourth-order valence-corrected chi connectivity index (χ4v) is 3.47. The van der Waals surface area contributed by atoms with Gasteiger partial charge >= 0.3 is 0 Å². The maximum atomic E-state index is 12.8. The average Bonchev–Trinajstić information content (AvgIpc) is 3.53. The Kier molecular flexibility index (Phi) is 6.39. The van der Waals surface area contributed by atoms with Gasteiger partial charge < -0.3 is 15.1 Å². The van der Waals surface area contributed by atoms with Crippen molar-refractivity contribution in [2.24, 2.45) is 0 Å². The number of furan rings is 1. The molecule has 0 aliphatic heterocycles. The number of nitrogens with one attached hydrogen (secondary N) is 2. The van der Waals surface area contributed by atoms with Crippen molar-refractivity contribution < 1.29 is 14.0 Å². The van der Waals surface area contributed by atoms with Gasteiger partial charge in [-0.15, -0.1) is 0 Å². The second-order valence-electron chi connectivity index (χ2n) is 7.74. The first kappa shape index (κ1) is 22.1. The molecule has 33 heavy (non-hydrogen) atoms. The van der Waals surface area contributed by atoms with E-state index in [-0.39, 0.29) is 18.1 Å². The lowest BCUT2D eigenvalue weighted by Gasteiger charge is -2.08. The number of benzene rings is 1. The van der Waals surface area contributed by atoms with Gasteiger partial charge in [-0.25, -0.2) is 0 Å². The summed E-state index contributed by atoms with van der Waals surface area (Å²) in [6.07, 6.45) is 3.19. The van der Waals surface area contributed by atoms with E-state index < -0.39 is 5.91 Å². The summed E-state index contributed by atoms with van der Waals surface area (Å²) in [7, 11) is 0. The van der Waals surface area contributed by atoms with Crippen LogP contribution in [0.1, 0.15) is 50.5 Å². The van der Waals surface area contributed by atoms with Crippen LogP contribution in [0.2, 0.25) is 0 Å². The van der Waals surface area contributed by atoms with Crippen LogP contribution in [-0.4, -0.2) is 31.4 Å². The summed E-state index contributed by atoms with van der Waals surface area (Å²) >= 11 is 0. The van der Waals surface area contributed by atoms with Gasteiger partial charge in [-0.2, -0.15) is 10.2 Å². The predicted molar refractivity (Wildman–Crippen MR) is 123 cm³/mol. The molecule has 0 fully saturated rings. The number of aromatic nitrogens is 4. The van der Waals surface area contributed by atoms with Crippen molar-refractivity contribution >= 4 is 17.5 Å². The Balaban J connectivity index is 1.44. The Bertz CT molecular complexity index is 1250. The highest BCUT2D eigenvalue weighted by molar-refractivity contribution is 6.08. The van der Waals surface area contributed by atoms with E-state index in [1.807, 2.05) is 43.7 Å². The lowest BCUT2D eigenvalue weighted by Crippen LogP contribution is -2.25. The van der Waals surface area contributed by atoms with Gasteiger partial charge in [-0.05, 0) is 56.7 Å². The molecule has 0 unspecified atom stereocenters. The number of carbonyl (C=O) groups excluding carboxylic acids is 2. The summed E-state index contributed by atoms with van der Waals surface area (Å²) in [6.45, 7) is 7.31. The molecule has 3 aromatic heterocycles. The second-order valence-corrected chi connectivity index (χ2v) is 7.74. The standard InChI is InChI=1S/C24H26N6O3/c1-4-29-15-21(22(28-29)24(32)25-13-20-6-5-11-33-20)26-23(31)19-9-7-18(8-10-19)14-30-17(3)12-16(2)27-30/h5-12,15H,4,13-14H2,1-3H3,(H,25,32)(H,26,31). The minimum Gasteiger partial charge on any atom is -0.467 e. The molecule has 0 bridgehead atoms. The monoisotopic (exact) mass is 446 g/mol. The Morgan fingerprint density at radius 1 is 1.06 bits per heavy atom. The molecule has 0 aliphatic carbocycles. The van der Waals surface area contributed by atoms with Crippen LogP contribution in [0.3, 0.4) is 0 Å². The van der Waals surface area contributed by atoms with Gasteiger partial charge in [0.1, 0.15) is 5.76 Å². The molecule has 4 aromatic rings. The van der Waals surface area contributed by atoms with E-state index in [1.54, 1.807) is 41.4 Å². The van der Waals surface area contributed by atoms with Crippen molar-refractivity contribution in [2.45, 2.75) is 40.4 Å². The Morgan fingerprint density at radius 2 is 1.85 bits per heavy atom. The lowest BCUT2D eigenvalue weighted by atomic mass is 10.1. The molecule has 0 spiro atoms. The number of aryl methyl sites for hydroxylation is 3. The summed E-state index contributed by atoms with van der Waals surface area (Å²) in [5.41, 5.74) is 4.08. The van der Waals surface area contributed by atoms with Gasteiger partial charge in [-0.1, -0.05) is 12.1 Å². The number of nitrogens with zero attached hydrogens (tertiary/aromatic N) is 4. The van der Waals surface area contributed by atoms with Crippen molar-refractivity contribution in [3.8, 4) is 0 Å². The highest BCUT2D eigenvalue weighted by atomic mass is 16.3. The molecule has 0 radical (unpaired) electrons. The zero-order chi connectivity index (χ0) is 23.4. The third-order valence-electron chi connectivity index (χ3n) is 5.20. The molecule has 2 amide bonds. The van der Waals surface area contributed by atoms with Gasteiger partial charge in [0, 0.05) is 24.0 Å². The quantitative estimate of drug-likeness (QED) is 0.431. The highest BCUT2D eigenvalue weighted by Gasteiger charge is 2.19. The van der Waals surface area contributed by atoms with Crippen molar-refractivity contribution in [3.05, 3.63) is 88.9 Å². The van der Waals surface area contributed by atoms with Crippen molar-refractivity contribution in [1.82, 2.24) is 24.9 Å². The molecule has 0 atom stereocenters. The molecule has 0 saturated heterocycles. The Morgan fingerprint density at radius 3 is 2.48 bits per heavy atom. The summed E-state index contributed by atoms with van der Waals surface area (Å²) < 4.78 is 8.77. The number of hydrogen-bond acceptors (Lipinski definition) is 5. The van der Waals surface area contributed by atoms with Crippen molar-refractivity contribution in [2.75, 3.05) is 5.32 Å². The van der Waals surface area contributed by atoms with Gasteiger partial charge in [-0.3, -0.25) is 19.0 Å². The van der Waals surface area contributed by atoms with E-state index in [0.29, 0.717) is 30.1 Å². The first-order chi connectivity index (χ1) is 15.9. The first-order valence-corrected chi connectivity index (χ1v) is 10.7. The molecule has 1 aromatic carbocycles. The molecule has 0 saturated carbocycles. The largest absolute Gasteiger partial charge is 0.467 e. The first-order valence-electron chi connectivity index (χ1n) is 10.7. The van der Waals surface area contributed by atoms with Crippen LogP contribution < -0.4 is 10.6 Å². The van der Waals surface area contributed by atoms with Gasteiger partial charge in [0.2, 0.25) is 0 Å². The fraction of sp³-hybridized carbons (Fsp3) is 0.250. The maximum Gasteiger partial charge on any atom is 0.274 e. The summed E-state index contributed by atoms with van der Waals surface area (Å²) in [5.74, 6) is -0.0815. The summed E-state index contributed by atoms with van der Waals surface area (Å²) in [5, 5.41) is 14.3.